The van der Waals surface area contributed by atoms with Gasteiger partial charge in [-0.2, -0.15) is 0 Å². The molecule has 0 N–H and O–H groups in total. The maximum absolute atomic E-state index is 2.60. The van der Waals surface area contributed by atoms with Crippen molar-refractivity contribution >= 4 is 7.98 Å². The molecule has 0 radical (unpaired) electrons. The topological polar surface area (TPSA) is 6.48 Å². The van der Waals surface area contributed by atoms with E-state index in [1.165, 1.54) is 26.1 Å². The second-order valence-electron chi connectivity index (χ2n) is 5.26. The van der Waals surface area contributed by atoms with Crippen molar-refractivity contribution in [3.05, 3.63) is 0 Å². The zero-order valence-electron chi connectivity index (χ0n) is 10.5. The molecule has 1 aliphatic rings. The Labute approximate surface area is 90.1 Å². The molecule has 2 atom stereocenters. The summed E-state index contributed by atoms with van der Waals surface area (Å²) >= 11 is 0. The first-order valence-electron chi connectivity index (χ1n) is 5.95. The molecular weight excluding hydrogens is 171 g/mol. The van der Waals surface area contributed by atoms with E-state index < -0.39 is 0 Å². The molecule has 2 unspecified atom stereocenters. The lowest BCUT2D eigenvalue weighted by atomic mass is 9.97. The SMILES string of the molecule is BN1CCN(C(C)C)CC(C)CC1C. The van der Waals surface area contributed by atoms with Crippen LogP contribution in [0.4, 0.5) is 0 Å². The van der Waals surface area contributed by atoms with Gasteiger partial charge in [0.15, 0.2) is 7.98 Å². The highest BCUT2D eigenvalue weighted by Crippen LogP contribution is 2.16. The summed E-state index contributed by atoms with van der Waals surface area (Å²) in [6.07, 6.45) is 1.33. The van der Waals surface area contributed by atoms with Gasteiger partial charge in [0.25, 0.3) is 0 Å². The van der Waals surface area contributed by atoms with E-state index in [2.05, 4.69) is 45.4 Å². The minimum absolute atomic E-state index is 0.694. The zero-order chi connectivity index (χ0) is 10.7. The van der Waals surface area contributed by atoms with Crippen molar-refractivity contribution in [3.8, 4) is 0 Å². The molecule has 0 spiro atoms. The Bertz CT molecular complexity index is 173. The fourth-order valence-electron chi connectivity index (χ4n) is 2.30. The lowest BCUT2D eigenvalue weighted by molar-refractivity contribution is 0.135. The van der Waals surface area contributed by atoms with Crippen molar-refractivity contribution < 1.29 is 0 Å². The highest BCUT2D eigenvalue weighted by Gasteiger charge is 2.21. The van der Waals surface area contributed by atoms with E-state index in [4.69, 9.17) is 0 Å². The molecule has 1 saturated heterocycles. The zero-order valence-corrected chi connectivity index (χ0v) is 10.5. The maximum atomic E-state index is 2.60. The molecule has 82 valence electrons. The lowest BCUT2D eigenvalue weighted by Crippen LogP contribution is -2.46. The molecule has 14 heavy (non-hydrogen) atoms. The first-order chi connectivity index (χ1) is 6.50. The summed E-state index contributed by atoms with van der Waals surface area (Å²) in [6, 6.07) is 1.44. The van der Waals surface area contributed by atoms with Gasteiger partial charge in [-0.05, 0) is 38.8 Å². The number of rotatable bonds is 1. The van der Waals surface area contributed by atoms with E-state index in [0.717, 1.165) is 12.0 Å². The van der Waals surface area contributed by atoms with Crippen molar-refractivity contribution in [3.63, 3.8) is 0 Å². The Balaban J connectivity index is 2.54. The summed E-state index contributed by atoms with van der Waals surface area (Å²) < 4.78 is 0. The summed E-state index contributed by atoms with van der Waals surface area (Å²) in [5.41, 5.74) is 0. The first-order valence-corrected chi connectivity index (χ1v) is 5.95. The van der Waals surface area contributed by atoms with E-state index >= 15 is 0 Å². The third-order valence-corrected chi connectivity index (χ3v) is 3.51. The molecule has 0 aliphatic carbocycles. The van der Waals surface area contributed by atoms with Crippen LogP contribution in [0.5, 0.6) is 0 Å². The summed E-state index contributed by atoms with van der Waals surface area (Å²) in [4.78, 5) is 5.10. The van der Waals surface area contributed by atoms with Crippen molar-refractivity contribution in [1.29, 1.82) is 0 Å². The molecular formula is C11H25BN2. The highest BCUT2D eigenvalue weighted by atomic mass is 15.2. The van der Waals surface area contributed by atoms with E-state index in [1.807, 2.05) is 0 Å². The first kappa shape index (κ1) is 12.1. The Hall–Kier alpha value is -0.0151. The minimum Gasteiger partial charge on any atom is -0.345 e. The average molecular weight is 196 g/mol. The molecule has 0 aromatic carbocycles. The second kappa shape index (κ2) is 5.17. The predicted molar refractivity (Wildman–Crippen MR) is 65.2 cm³/mol. The van der Waals surface area contributed by atoms with E-state index in [1.54, 1.807) is 0 Å². The fraction of sp³-hybridized carbons (Fsp3) is 1.00. The van der Waals surface area contributed by atoms with Crippen LogP contribution in [0.1, 0.15) is 34.1 Å². The van der Waals surface area contributed by atoms with Crippen molar-refractivity contribution in [2.45, 2.75) is 46.2 Å². The summed E-state index contributed by atoms with van der Waals surface area (Å²) in [7, 11) is 2.25. The lowest BCUT2D eigenvalue weighted by Gasteiger charge is -2.37. The summed E-state index contributed by atoms with van der Waals surface area (Å²) in [5, 5.41) is 0. The third kappa shape index (κ3) is 3.28. The highest BCUT2D eigenvalue weighted by molar-refractivity contribution is 6.04. The summed E-state index contributed by atoms with van der Waals surface area (Å²) in [6.45, 7) is 13.0. The third-order valence-electron chi connectivity index (χ3n) is 3.51. The molecule has 0 amide bonds. The molecule has 1 rings (SSSR count). The van der Waals surface area contributed by atoms with Crippen molar-refractivity contribution in [2.75, 3.05) is 19.6 Å². The molecule has 1 fully saturated rings. The number of hydrogen-bond donors (Lipinski definition) is 0. The molecule has 0 bridgehead atoms. The molecule has 1 heterocycles. The van der Waals surface area contributed by atoms with Crippen LogP contribution >= 0.6 is 0 Å². The Morgan fingerprint density at radius 2 is 1.86 bits per heavy atom. The summed E-state index contributed by atoms with van der Waals surface area (Å²) in [5.74, 6) is 0.829. The van der Waals surface area contributed by atoms with Gasteiger partial charge in [0.1, 0.15) is 0 Å². The molecule has 0 saturated carbocycles. The van der Waals surface area contributed by atoms with Crippen molar-refractivity contribution in [2.24, 2.45) is 5.92 Å². The van der Waals surface area contributed by atoms with Crippen LogP contribution in [0.3, 0.4) is 0 Å². The van der Waals surface area contributed by atoms with Gasteiger partial charge in [-0.15, -0.1) is 0 Å². The van der Waals surface area contributed by atoms with Gasteiger partial charge in [-0.3, -0.25) is 4.90 Å². The quantitative estimate of drug-likeness (QED) is 0.577. The normalized spacial score (nSPS) is 32.9. The molecule has 3 heteroatoms. The van der Waals surface area contributed by atoms with Gasteiger partial charge >= 0.3 is 0 Å². The van der Waals surface area contributed by atoms with Gasteiger partial charge in [0.2, 0.25) is 0 Å². The van der Waals surface area contributed by atoms with Crippen molar-refractivity contribution in [1.82, 2.24) is 9.71 Å². The Morgan fingerprint density at radius 3 is 2.43 bits per heavy atom. The largest absolute Gasteiger partial charge is 0.345 e. The fourth-order valence-corrected chi connectivity index (χ4v) is 2.30. The van der Waals surface area contributed by atoms with E-state index in [0.29, 0.717) is 6.04 Å². The average Bonchev–Trinajstić information content (AvgIpc) is 2.09. The van der Waals surface area contributed by atoms with Crippen LogP contribution in [-0.4, -0.2) is 49.4 Å². The van der Waals surface area contributed by atoms with Crippen LogP contribution in [0.25, 0.3) is 0 Å². The van der Waals surface area contributed by atoms with Crippen LogP contribution in [0, 0.1) is 5.92 Å². The molecule has 0 aromatic heterocycles. The maximum Gasteiger partial charge on any atom is 0.185 e. The van der Waals surface area contributed by atoms with Gasteiger partial charge in [0.05, 0.1) is 0 Å². The van der Waals surface area contributed by atoms with Gasteiger partial charge in [-0.25, -0.2) is 0 Å². The monoisotopic (exact) mass is 196 g/mol. The molecule has 1 aliphatic heterocycles. The van der Waals surface area contributed by atoms with E-state index in [9.17, 15) is 0 Å². The Morgan fingerprint density at radius 1 is 1.21 bits per heavy atom. The predicted octanol–water partition coefficient (Wildman–Crippen LogP) is 0.975. The van der Waals surface area contributed by atoms with Crippen LogP contribution < -0.4 is 0 Å². The Kier molecular flexibility index (Phi) is 4.46. The van der Waals surface area contributed by atoms with Crippen LogP contribution in [0.2, 0.25) is 0 Å². The van der Waals surface area contributed by atoms with Gasteiger partial charge < -0.3 is 4.81 Å². The second-order valence-corrected chi connectivity index (χ2v) is 5.26. The molecule has 0 aromatic rings. The number of hydrogen-bond acceptors (Lipinski definition) is 2. The van der Waals surface area contributed by atoms with Crippen LogP contribution in [0.15, 0.2) is 0 Å². The van der Waals surface area contributed by atoms with E-state index in [-0.39, 0.29) is 0 Å². The van der Waals surface area contributed by atoms with Gasteiger partial charge in [0, 0.05) is 19.1 Å². The standard InChI is InChI=1S/C11H25BN2/c1-9(2)13-5-6-14(12)11(4)7-10(3)8-13/h9-11H,5-8,12H2,1-4H3. The van der Waals surface area contributed by atoms with Crippen LogP contribution in [-0.2, 0) is 0 Å². The minimum atomic E-state index is 0.694. The molecule has 2 nitrogen and oxygen atoms in total. The number of nitrogens with zero attached hydrogens (tertiary/aromatic N) is 2. The van der Waals surface area contributed by atoms with Gasteiger partial charge in [-0.1, -0.05) is 13.8 Å². The smallest absolute Gasteiger partial charge is 0.185 e.